The summed E-state index contributed by atoms with van der Waals surface area (Å²) in [5, 5.41) is 20.8. The maximum atomic E-state index is 11.9. The summed E-state index contributed by atoms with van der Waals surface area (Å²) in [5.74, 6) is 0.235. The number of aryl methyl sites for hydroxylation is 1. The highest BCUT2D eigenvalue weighted by Crippen LogP contribution is 2.32. The van der Waals surface area contributed by atoms with E-state index in [-0.39, 0.29) is 0 Å². The Hall–Kier alpha value is -2.93. The number of nitrogens with zero attached hydrogens (tertiary/aromatic N) is 1. The van der Waals surface area contributed by atoms with E-state index in [4.69, 9.17) is 14.9 Å². The summed E-state index contributed by atoms with van der Waals surface area (Å²) in [6, 6.07) is 7.65. The van der Waals surface area contributed by atoms with Gasteiger partial charge in [-0.2, -0.15) is 0 Å². The smallest absolute Gasteiger partial charge is 0.337 e. The van der Waals surface area contributed by atoms with Gasteiger partial charge in [0.05, 0.1) is 12.7 Å². The zero-order valence-corrected chi connectivity index (χ0v) is 19.8. The average Bonchev–Trinajstić information content (AvgIpc) is 2.72. The van der Waals surface area contributed by atoms with Gasteiger partial charge in [-0.05, 0) is 57.9 Å². The maximum absolute atomic E-state index is 11.9. The molecule has 1 aromatic carbocycles. The summed E-state index contributed by atoms with van der Waals surface area (Å²) >= 11 is 0. The van der Waals surface area contributed by atoms with Crippen molar-refractivity contribution in [3.63, 3.8) is 0 Å². The van der Waals surface area contributed by atoms with Gasteiger partial charge in [-0.1, -0.05) is 26.0 Å². The van der Waals surface area contributed by atoms with Gasteiger partial charge in [0.1, 0.15) is 11.6 Å². The van der Waals surface area contributed by atoms with E-state index in [2.05, 4.69) is 10.3 Å². The first kappa shape index (κ1) is 26.1. The molecule has 0 aliphatic heterocycles. The van der Waals surface area contributed by atoms with Gasteiger partial charge in [-0.3, -0.25) is 0 Å². The van der Waals surface area contributed by atoms with E-state index >= 15 is 0 Å². The lowest BCUT2D eigenvalue weighted by atomic mass is 9.97. The Morgan fingerprint density at radius 3 is 2.26 bits per heavy atom. The molecule has 0 saturated heterocycles. The monoisotopic (exact) mass is 429 g/mol. The molecule has 0 amide bonds. The topological polar surface area (TPSA) is 105 Å². The molecule has 0 bridgehead atoms. The van der Waals surface area contributed by atoms with Crippen molar-refractivity contribution < 1.29 is 19.4 Å². The largest absolute Gasteiger partial charge is 0.497 e. The number of rotatable bonds is 8. The summed E-state index contributed by atoms with van der Waals surface area (Å²) in [4.78, 5) is 16.5. The third-order valence-corrected chi connectivity index (χ3v) is 4.45. The first-order valence-electron chi connectivity index (χ1n) is 10.4. The molecule has 0 fully saturated rings. The van der Waals surface area contributed by atoms with Gasteiger partial charge in [0, 0.05) is 29.6 Å². The maximum Gasteiger partial charge on any atom is 0.337 e. The van der Waals surface area contributed by atoms with Crippen LogP contribution in [0.4, 0.5) is 5.82 Å². The molecule has 1 heterocycles. The van der Waals surface area contributed by atoms with Gasteiger partial charge in [0.25, 0.3) is 0 Å². The highest BCUT2D eigenvalue weighted by Gasteiger charge is 2.31. The minimum absolute atomic E-state index is 0.487. The van der Waals surface area contributed by atoms with E-state index in [1.54, 1.807) is 21.0 Å². The molecule has 2 rings (SSSR count). The van der Waals surface area contributed by atoms with E-state index in [1.807, 2.05) is 58.9 Å². The van der Waals surface area contributed by atoms with Gasteiger partial charge in [0.2, 0.25) is 0 Å². The second-order valence-corrected chi connectivity index (χ2v) is 7.79. The summed E-state index contributed by atoms with van der Waals surface area (Å²) < 4.78 is 11.0. The Kier molecular flexibility index (Phi) is 9.65. The number of anilines is 1. The molecule has 7 nitrogen and oxygen atoms in total. The second-order valence-electron chi connectivity index (χ2n) is 7.79. The average molecular weight is 430 g/mol. The fraction of sp³-hybridized carbons (Fsp3) is 0.458. The highest BCUT2D eigenvalue weighted by atomic mass is 16.5. The molecule has 0 aliphatic carbocycles. The van der Waals surface area contributed by atoms with Gasteiger partial charge in [-0.15, -0.1) is 0 Å². The van der Waals surface area contributed by atoms with Gasteiger partial charge < -0.3 is 25.3 Å². The van der Waals surface area contributed by atoms with Crippen LogP contribution in [0.25, 0.3) is 0 Å². The first-order chi connectivity index (χ1) is 14.6. The number of carboxylic acid groups (broad SMARTS) is 1. The van der Waals surface area contributed by atoms with Crippen LogP contribution in [0.3, 0.4) is 0 Å². The Morgan fingerprint density at radius 1 is 1.23 bits per heavy atom. The van der Waals surface area contributed by atoms with Crippen LogP contribution in [0.1, 0.15) is 68.7 Å². The quantitative estimate of drug-likeness (QED) is 0.493. The molecule has 0 spiro atoms. The van der Waals surface area contributed by atoms with Gasteiger partial charge >= 0.3 is 5.97 Å². The van der Waals surface area contributed by atoms with Crippen molar-refractivity contribution in [3.05, 3.63) is 52.2 Å². The summed E-state index contributed by atoms with van der Waals surface area (Å²) in [6.07, 6.45) is 0.0364. The molecule has 1 aromatic heterocycles. The number of hydrogen-bond acceptors (Lipinski definition) is 6. The fourth-order valence-electron chi connectivity index (χ4n) is 3.10. The zero-order valence-electron chi connectivity index (χ0n) is 19.8. The van der Waals surface area contributed by atoms with Crippen molar-refractivity contribution in [2.24, 2.45) is 0 Å². The van der Waals surface area contributed by atoms with Crippen LogP contribution in [-0.4, -0.2) is 35.0 Å². The van der Waals surface area contributed by atoms with Crippen LogP contribution in [0.5, 0.6) is 5.75 Å². The molecule has 0 saturated carbocycles. The van der Waals surface area contributed by atoms with Crippen LogP contribution in [0.2, 0.25) is 0 Å². The molecule has 7 heteroatoms. The van der Waals surface area contributed by atoms with Crippen molar-refractivity contribution in [1.29, 1.82) is 5.41 Å². The molecule has 0 aliphatic rings. The lowest BCUT2D eigenvalue weighted by Crippen LogP contribution is -2.29. The van der Waals surface area contributed by atoms with Crippen LogP contribution in [0, 0.1) is 19.3 Å². The van der Waals surface area contributed by atoms with Crippen molar-refractivity contribution in [1.82, 2.24) is 4.98 Å². The van der Waals surface area contributed by atoms with Crippen molar-refractivity contribution >= 4 is 18.0 Å². The number of aliphatic carboxylic acids is 1. The van der Waals surface area contributed by atoms with Gasteiger partial charge in [0.15, 0.2) is 6.10 Å². The van der Waals surface area contributed by atoms with E-state index in [1.165, 1.54) is 6.21 Å². The Labute approximate surface area is 185 Å². The van der Waals surface area contributed by atoms with E-state index in [0.29, 0.717) is 34.7 Å². The zero-order chi connectivity index (χ0) is 23.8. The molecule has 31 heavy (non-hydrogen) atoms. The predicted molar refractivity (Wildman–Crippen MR) is 124 cm³/mol. The fourth-order valence-corrected chi connectivity index (χ4v) is 3.10. The molecule has 1 atom stereocenters. The third-order valence-electron chi connectivity index (χ3n) is 4.45. The van der Waals surface area contributed by atoms with Crippen LogP contribution in [-0.2, 0) is 16.1 Å². The molecular formula is C24H35N3O4. The van der Waals surface area contributed by atoms with E-state index in [0.717, 1.165) is 11.3 Å². The summed E-state index contributed by atoms with van der Waals surface area (Å²) in [5.41, 5.74) is 2.65. The number of ether oxygens (including phenoxy) is 2. The van der Waals surface area contributed by atoms with Crippen LogP contribution >= 0.6 is 0 Å². The molecule has 2 aromatic rings. The van der Waals surface area contributed by atoms with Crippen molar-refractivity contribution in [2.75, 3.05) is 12.4 Å². The minimum atomic E-state index is -1.16. The van der Waals surface area contributed by atoms with E-state index in [9.17, 15) is 9.90 Å². The predicted octanol–water partition coefficient (Wildman–Crippen LogP) is 5.28. The lowest BCUT2D eigenvalue weighted by molar-refractivity contribution is -0.160. The number of carbonyl (C=O) groups is 1. The first-order valence-corrected chi connectivity index (χ1v) is 10.4. The molecule has 3 N–H and O–H groups in total. The lowest BCUT2D eigenvalue weighted by Gasteiger charge is -2.28. The standard InChI is InChI=1S/C22H29N3O4.C2H6/c1-13-17(11-23)20(24-12-15-7-9-16(28-6)10-8-15)25-14(2)18(13)19(21(26)27)29-22(3,4)5;1-2/h7-11,19,23H,12H2,1-6H3,(H,24,25)(H,26,27);1-2H3. The number of hydrogen-bond donors (Lipinski definition) is 3. The van der Waals surface area contributed by atoms with Gasteiger partial charge in [-0.25, -0.2) is 9.78 Å². The summed E-state index contributed by atoms with van der Waals surface area (Å²) in [7, 11) is 1.62. The van der Waals surface area contributed by atoms with Crippen LogP contribution < -0.4 is 10.1 Å². The number of methoxy groups -OCH3 is 1. The number of benzene rings is 1. The number of nitrogens with one attached hydrogen (secondary N) is 2. The second kappa shape index (κ2) is 11.5. The normalized spacial score (nSPS) is 11.7. The number of pyridine rings is 1. The van der Waals surface area contributed by atoms with Crippen molar-refractivity contribution in [2.45, 2.75) is 66.7 Å². The third kappa shape index (κ3) is 7.07. The number of aromatic nitrogens is 1. The summed E-state index contributed by atoms with van der Waals surface area (Å²) in [6.45, 7) is 13.5. The molecule has 170 valence electrons. The SMILES string of the molecule is CC.COc1ccc(CNc2nc(C)c(C(OC(C)(C)C)C(=O)O)c(C)c2C=N)cc1. The Morgan fingerprint density at radius 2 is 1.81 bits per heavy atom. The number of carboxylic acids is 1. The Balaban J connectivity index is 0.00000233. The minimum Gasteiger partial charge on any atom is -0.497 e. The Bertz CT molecular complexity index is 887. The van der Waals surface area contributed by atoms with E-state index < -0.39 is 17.7 Å². The molecule has 1 unspecified atom stereocenters. The molecule has 0 radical (unpaired) electrons. The van der Waals surface area contributed by atoms with Crippen molar-refractivity contribution in [3.8, 4) is 5.75 Å². The highest BCUT2D eigenvalue weighted by molar-refractivity contribution is 5.88. The molecular weight excluding hydrogens is 394 g/mol. The van der Waals surface area contributed by atoms with Crippen LogP contribution in [0.15, 0.2) is 24.3 Å².